The first kappa shape index (κ1) is 30.8. The van der Waals surface area contributed by atoms with Crippen molar-refractivity contribution in [2.24, 2.45) is 23.1 Å². The highest BCUT2D eigenvalue weighted by Gasteiger charge is 2.32. The molecule has 0 radical (unpaired) electrons. The molecule has 0 fully saturated rings. The molecular formula is C25H35N7O7. The smallest absolute Gasteiger partial charge is 0.326 e. The number of nitrogens with one attached hydrogen (secondary N) is 4. The Balaban J connectivity index is 2.33. The first-order valence-electron chi connectivity index (χ1n) is 12.3. The first-order chi connectivity index (χ1) is 18.3. The van der Waals surface area contributed by atoms with Crippen LogP contribution in [0, 0.1) is 5.92 Å². The predicted octanol–water partition coefficient (Wildman–Crippen LogP) is -1.63. The molecule has 1 aromatic heterocycles. The van der Waals surface area contributed by atoms with Gasteiger partial charge in [-0.15, -0.1) is 0 Å². The maximum atomic E-state index is 13.3. The van der Waals surface area contributed by atoms with Crippen LogP contribution in [0.5, 0.6) is 0 Å². The summed E-state index contributed by atoms with van der Waals surface area (Å²) in [6.07, 6.45) is 0.620. The van der Waals surface area contributed by atoms with Gasteiger partial charge in [0.25, 0.3) is 0 Å². The van der Waals surface area contributed by atoms with Crippen LogP contribution in [-0.4, -0.2) is 69.8 Å². The van der Waals surface area contributed by atoms with Gasteiger partial charge in [0, 0.05) is 23.5 Å². The molecule has 14 nitrogen and oxygen atoms in total. The molecule has 2 aromatic rings. The van der Waals surface area contributed by atoms with E-state index in [0.29, 0.717) is 5.56 Å². The number of carbonyl (C=O) groups excluding carboxylic acids is 5. The molecule has 0 saturated heterocycles. The van der Waals surface area contributed by atoms with Crippen molar-refractivity contribution < 1.29 is 33.9 Å². The number of aromatic nitrogens is 1. The zero-order chi connectivity index (χ0) is 29.3. The third-order valence-electron chi connectivity index (χ3n) is 5.85. The molecule has 39 heavy (non-hydrogen) atoms. The van der Waals surface area contributed by atoms with E-state index in [9.17, 15) is 33.9 Å². The SMILES string of the molecule is CC(C)CC(NC(=O)C(Cc1c[nH]c2ccccc12)NC(=O)C(CC(N)=O)NC(=O)C(N)CC(N)=O)C(=O)O. The number of primary amides is 2. The molecule has 0 aliphatic heterocycles. The van der Waals surface area contributed by atoms with Crippen molar-refractivity contribution in [3.8, 4) is 0 Å². The summed E-state index contributed by atoms with van der Waals surface area (Å²) in [6.45, 7) is 3.60. The van der Waals surface area contributed by atoms with Gasteiger partial charge in [-0.1, -0.05) is 32.0 Å². The summed E-state index contributed by atoms with van der Waals surface area (Å²) in [5.41, 5.74) is 17.4. The Morgan fingerprint density at radius 1 is 0.846 bits per heavy atom. The fourth-order valence-corrected chi connectivity index (χ4v) is 3.97. The van der Waals surface area contributed by atoms with Crippen LogP contribution in [-0.2, 0) is 35.2 Å². The lowest BCUT2D eigenvalue weighted by Crippen LogP contribution is -2.58. The summed E-state index contributed by atoms with van der Waals surface area (Å²) in [7, 11) is 0. The van der Waals surface area contributed by atoms with Gasteiger partial charge < -0.3 is 43.2 Å². The zero-order valence-electron chi connectivity index (χ0n) is 21.7. The molecule has 0 spiro atoms. The summed E-state index contributed by atoms with van der Waals surface area (Å²) in [5, 5.41) is 17.6. The number of hydrogen-bond donors (Lipinski definition) is 8. The van der Waals surface area contributed by atoms with Crippen LogP contribution in [0.1, 0.15) is 38.7 Å². The van der Waals surface area contributed by atoms with Crippen molar-refractivity contribution in [3.05, 3.63) is 36.0 Å². The number of carboxylic acid groups (broad SMARTS) is 1. The number of hydrogen-bond acceptors (Lipinski definition) is 7. The van der Waals surface area contributed by atoms with E-state index in [1.54, 1.807) is 26.1 Å². The van der Waals surface area contributed by atoms with Gasteiger partial charge in [-0.25, -0.2) is 4.79 Å². The van der Waals surface area contributed by atoms with E-state index in [1.807, 2.05) is 18.2 Å². The lowest BCUT2D eigenvalue weighted by molar-refractivity contribution is -0.143. The van der Waals surface area contributed by atoms with Gasteiger partial charge in [0.1, 0.15) is 18.1 Å². The Morgan fingerprint density at radius 3 is 2.00 bits per heavy atom. The van der Waals surface area contributed by atoms with E-state index in [4.69, 9.17) is 17.2 Å². The van der Waals surface area contributed by atoms with Crippen LogP contribution in [0.25, 0.3) is 10.9 Å². The molecule has 0 aliphatic rings. The molecular weight excluding hydrogens is 510 g/mol. The highest BCUT2D eigenvalue weighted by Crippen LogP contribution is 2.19. The zero-order valence-corrected chi connectivity index (χ0v) is 21.7. The minimum absolute atomic E-state index is 0.0476. The second kappa shape index (κ2) is 13.9. The fraction of sp³-hybridized carbons (Fsp3) is 0.440. The summed E-state index contributed by atoms with van der Waals surface area (Å²) >= 11 is 0. The number of rotatable bonds is 15. The Kier molecular flexibility index (Phi) is 11.0. The van der Waals surface area contributed by atoms with E-state index in [1.165, 1.54) is 0 Å². The van der Waals surface area contributed by atoms with Gasteiger partial charge in [-0.2, -0.15) is 0 Å². The van der Waals surface area contributed by atoms with Gasteiger partial charge in [0.15, 0.2) is 0 Å². The van der Waals surface area contributed by atoms with Crippen LogP contribution < -0.4 is 33.2 Å². The largest absolute Gasteiger partial charge is 0.480 e. The topological polar surface area (TPSA) is 253 Å². The molecule has 212 valence electrons. The van der Waals surface area contributed by atoms with Gasteiger partial charge in [-0.05, 0) is 24.0 Å². The van der Waals surface area contributed by atoms with E-state index in [-0.39, 0.29) is 18.8 Å². The third kappa shape index (κ3) is 9.41. The summed E-state index contributed by atoms with van der Waals surface area (Å²) in [4.78, 5) is 76.4. The van der Waals surface area contributed by atoms with Crippen LogP contribution in [0.15, 0.2) is 30.5 Å². The lowest BCUT2D eigenvalue weighted by atomic mass is 10.0. The normalized spacial score (nSPS) is 14.2. The van der Waals surface area contributed by atoms with Crippen molar-refractivity contribution >= 4 is 46.4 Å². The highest BCUT2D eigenvalue weighted by molar-refractivity contribution is 5.97. The Morgan fingerprint density at radius 2 is 1.41 bits per heavy atom. The summed E-state index contributed by atoms with van der Waals surface area (Å²) in [6, 6.07) is 1.82. The van der Waals surface area contributed by atoms with Crippen LogP contribution in [0.3, 0.4) is 0 Å². The molecule has 2 rings (SSSR count). The molecule has 1 aromatic carbocycles. The van der Waals surface area contributed by atoms with Crippen molar-refractivity contribution in [1.29, 1.82) is 0 Å². The fourth-order valence-electron chi connectivity index (χ4n) is 3.97. The average molecular weight is 546 g/mol. The number of H-pyrrole nitrogens is 1. The molecule has 4 atom stereocenters. The Bertz CT molecular complexity index is 1230. The number of aromatic amines is 1. The first-order valence-corrected chi connectivity index (χ1v) is 12.3. The average Bonchev–Trinajstić information content (AvgIpc) is 3.24. The third-order valence-corrected chi connectivity index (χ3v) is 5.85. The maximum Gasteiger partial charge on any atom is 0.326 e. The van der Waals surface area contributed by atoms with Crippen molar-refractivity contribution in [1.82, 2.24) is 20.9 Å². The molecule has 5 amide bonds. The number of fused-ring (bicyclic) bond motifs is 1. The van der Waals surface area contributed by atoms with E-state index >= 15 is 0 Å². The molecule has 0 bridgehead atoms. The number of amides is 5. The van der Waals surface area contributed by atoms with Gasteiger partial charge in [0.2, 0.25) is 29.5 Å². The lowest BCUT2D eigenvalue weighted by Gasteiger charge is -2.25. The number of nitrogens with two attached hydrogens (primary N) is 3. The molecule has 0 aliphatic carbocycles. The van der Waals surface area contributed by atoms with Crippen molar-refractivity contribution in [3.63, 3.8) is 0 Å². The number of carboxylic acids is 1. The van der Waals surface area contributed by atoms with Crippen LogP contribution >= 0.6 is 0 Å². The second-order valence-corrected chi connectivity index (χ2v) is 9.66. The number of aliphatic carboxylic acids is 1. The van der Waals surface area contributed by atoms with E-state index < -0.39 is 72.5 Å². The molecule has 11 N–H and O–H groups in total. The predicted molar refractivity (Wildman–Crippen MR) is 140 cm³/mol. The molecule has 14 heteroatoms. The van der Waals surface area contributed by atoms with Gasteiger partial charge in [-0.3, -0.25) is 24.0 Å². The second-order valence-electron chi connectivity index (χ2n) is 9.66. The van der Waals surface area contributed by atoms with Crippen LogP contribution in [0.4, 0.5) is 0 Å². The van der Waals surface area contributed by atoms with Crippen LogP contribution in [0.2, 0.25) is 0 Å². The van der Waals surface area contributed by atoms with Crippen molar-refractivity contribution in [2.45, 2.75) is 63.7 Å². The minimum atomic E-state index is -1.53. The Labute approximate surface area is 224 Å². The standard InChI is InChI=1S/C25H35N7O7/c1-12(2)7-19(25(38)39)32-23(36)17(8-13-11-29-16-6-4-3-5-14(13)16)31-24(37)18(10-21(28)34)30-22(35)15(26)9-20(27)33/h3-6,11-12,15,17-19,29H,7-10,26H2,1-2H3,(H2,27,33)(H2,28,34)(H,30,35)(H,31,37)(H,32,36)(H,38,39). The summed E-state index contributed by atoms with van der Waals surface area (Å²) < 4.78 is 0. The Hall–Kier alpha value is -4.46. The van der Waals surface area contributed by atoms with Crippen molar-refractivity contribution in [2.75, 3.05) is 0 Å². The molecule has 0 saturated carbocycles. The van der Waals surface area contributed by atoms with Gasteiger partial charge in [0.05, 0.1) is 18.9 Å². The van der Waals surface area contributed by atoms with E-state index in [2.05, 4.69) is 20.9 Å². The highest BCUT2D eigenvalue weighted by atomic mass is 16.4. The molecule has 4 unspecified atom stereocenters. The quantitative estimate of drug-likeness (QED) is 0.129. The number of benzene rings is 1. The summed E-state index contributed by atoms with van der Waals surface area (Å²) in [5.74, 6) is -5.72. The van der Waals surface area contributed by atoms with E-state index in [0.717, 1.165) is 10.9 Å². The van der Waals surface area contributed by atoms with Gasteiger partial charge >= 0.3 is 5.97 Å². The molecule has 1 heterocycles. The number of carbonyl (C=O) groups is 6. The maximum absolute atomic E-state index is 13.3. The minimum Gasteiger partial charge on any atom is -0.480 e. The number of para-hydroxylation sites is 1. The monoisotopic (exact) mass is 545 g/mol.